The average Bonchev–Trinajstić information content (AvgIpc) is 2.87. The predicted octanol–water partition coefficient (Wildman–Crippen LogP) is 3.33. The second-order valence-electron chi connectivity index (χ2n) is 7.35. The molecule has 1 atom stereocenters. The van der Waals surface area contributed by atoms with Crippen LogP contribution in [0.5, 0.6) is 5.75 Å². The van der Waals surface area contributed by atoms with Crippen LogP contribution in [0.15, 0.2) is 66.9 Å². The van der Waals surface area contributed by atoms with E-state index in [1.54, 1.807) is 43.6 Å². The SMILES string of the molecule is COc1ccc(C(=O)NCCNC(=O)c2ccc(NC(C)c3ccccn3)c([N+](=O)[O-])c2)cc1. The molecule has 0 radical (unpaired) electrons. The molecule has 0 aliphatic heterocycles. The molecule has 1 aromatic heterocycles. The molecule has 0 aliphatic rings. The number of pyridine rings is 1. The fourth-order valence-electron chi connectivity index (χ4n) is 3.18. The van der Waals surface area contributed by atoms with Crippen LogP contribution in [-0.2, 0) is 0 Å². The van der Waals surface area contributed by atoms with Gasteiger partial charge in [-0.3, -0.25) is 24.7 Å². The van der Waals surface area contributed by atoms with Crippen LogP contribution >= 0.6 is 0 Å². The molecule has 2 amide bonds. The number of nitrogens with one attached hydrogen (secondary N) is 3. The number of nitro benzene ring substituents is 1. The molecule has 1 heterocycles. The zero-order chi connectivity index (χ0) is 24.5. The average molecular weight is 463 g/mol. The van der Waals surface area contributed by atoms with Crippen molar-refractivity contribution in [3.63, 3.8) is 0 Å². The Kier molecular flexibility index (Phi) is 8.11. The molecule has 3 rings (SSSR count). The summed E-state index contributed by atoms with van der Waals surface area (Å²) in [5.74, 6) is -0.124. The van der Waals surface area contributed by atoms with Gasteiger partial charge in [0.1, 0.15) is 11.4 Å². The minimum Gasteiger partial charge on any atom is -0.497 e. The normalized spacial score (nSPS) is 11.2. The molecule has 3 aromatic rings. The highest BCUT2D eigenvalue weighted by molar-refractivity contribution is 5.96. The Balaban J connectivity index is 1.56. The summed E-state index contributed by atoms with van der Waals surface area (Å²) in [7, 11) is 1.54. The van der Waals surface area contributed by atoms with Crippen LogP contribution in [0.25, 0.3) is 0 Å². The van der Waals surface area contributed by atoms with E-state index < -0.39 is 10.8 Å². The van der Waals surface area contributed by atoms with E-state index in [2.05, 4.69) is 20.9 Å². The second-order valence-corrected chi connectivity index (χ2v) is 7.35. The van der Waals surface area contributed by atoms with Crippen LogP contribution in [0.3, 0.4) is 0 Å². The number of benzene rings is 2. The first-order valence-electron chi connectivity index (χ1n) is 10.6. The van der Waals surface area contributed by atoms with Crippen molar-refractivity contribution in [3.8, 4) is 5.75 Å². The lowest BCUT2D eigenvalue weighted by Gasteiger charge is -2.15. The highest BCUT2D eigenvalue weighted by atomic mass is 16.6. The molecule has 10 nitrogen and oxygen atoms in total. The molecule has 0 saturated heterocycles. The van der Waals surface area contributed by atoms with Crippen molar-refractivity contribution in [1.82, 2.24) is 15.6 Å². The van der Waals surface area contributed by atoms with Gasteiger partial charge in [0.2, 0.25) is 0 Å². The molecule has 0 saturated carbocycles. The molecular formula is C24H25N5O5. The molecule has 176 valence electrons. The predicted molar refractivity (Wildman–Crippen MR) is 127 cm³/mol. The third kappa shape index (κ3) is 6.28. The van der Waals surface area contributed by atoms with Gasteiger partial charge >= 0.3 is 0 Å². The van der Waals surface area contributed by atoms with Gasteiger partial charge in [0.15, 0.2) is 0 Å². The summed E-state index contributed by atoms with van der Waals surface area (Å²) in [4.78, 5) is 39.9. The number of methoxy groups -OCH3 is 1. The van der Waals surface area contributed by atoms with Crippen LogP contribution in [0.4, 0.5) is 11.4 Å². The lowest BCUT2D eigenvalue weighted by molar-refractivity contribution is -0.384. The Labute approximate surface area is 196 Å². The topological polar surface area (TPSA) is 135 Å². The lowest BCUT2D eigenvalue weighted by atomic mass is 10.1. The van der Waals surface area contributed by atoms with Gasteiger partial charge in [-0.2, -0.15) is 0 Å². The second kappa shape index (κ2) is 11.4. The summed E-state index contributed by atoms with van der Waals surface area (Å²) >= 11 is 0. The molecule has 3 N–H and O–H groups in total. The van der Waals surface area contributed by atoms with E-state index in [1.807, 2.05) is 19.1 Å². The number of ether oxygens (including phenoxy) is 1. The van der Waals surface area contributed by atoms with Crippen LogP contribution in [0, 0.1) is 10.1 Å². The minimum atomic E-state index is -0.542. The number of nitro groups is 1. The third-order valence-corrected chi connectivity index (χ3v) is 5.01. The molecule has 0 aliphatic carbocycles. The van der Waals surface area contributed by atoms with E-state index in [4.69, 9.17) is 4.74 Å². The van der Waals surface area contributed by atoms with E-state index in [0.717, 1.165) is 5.69 Å². The molecule has 0 spiro atoms. The largest absolute Gasteiger partial charge is 0.497 e. The molecule has 1 unspecified atom stereocenters. The number of hydrogen-bond donors (Lipinski definition) is 3. The van der Waals surface area contributed by atoms with Crippen LogP contribution in [0.1, 0.15) is 39.4 Å². The van der Waals surface area contributed by atoms with E-state index in [1.165, 1.54) is 18.2 Å². The summed E-state index contributed by atoms with van der Waals surface area (Å²) in [6.07, 6.45) is 1.65. The zero-order valence-corrected chi connectivity index (χ0v) is 18.8. The zero-order valence-electron chi connectivity index (χ0n) is 18.8. The molecule has 2 aromatic carbocycles. The first-order chi connectivity index (χ1) is 16.4. The lowest BCUT2D eigenvalue weighted by Crippen LogP contribution is -2.34. The van der Waals surface area contributed by atoms with E-state index >= 15 is 0 Å². The van der Waals surface area contributed by atoms with Gasteiger partial charge < -0.3 is 20.7 Å². The Morgan fingerprint density at radius 2 is 1.65 bits per heavy atom. The van der Waals surface area contributed by atoms with Crippen molar-refractivity contribution in [2.75, 3.05) is 25.5 Å². The van der Waals surface area contributed by atoms with Crippen LogP contribution < -0.4 is 20.7 Å². The summed E-state index contributed by atoms with van der Waals surface area (Å²) in [5, 5.41) is 20.0. The highest BCUT2D eigenvalue weighted by Crippen LogP contribution is 2.28. The van der Waals surface area contributed by atoms with Gasteiger partial charge in [0, 0.05) is 36.5 Å². The van der Waals surface area contributed by atoms with Crippen LogP contribution in [0.2, 0.25) is 0 Å². The van der Waals surface area contributed by atoms with Gasteiger partial charge in [-0.1, -0.05) is 6.07 Å². The quantitative estimate of drug-likeness (QED) is 0.238. The standard InChI is InChI=1S/C24H25N5O5/c1-16(20-5-3-4-12-25-20)28-21-11-8-18(15-22(21)29(32)33)24(31)27-14-13-26-23(30)17-6-9-19(34-2)10-7-17/h3-12,15-16,28H,13-14H2,1-2H3,(H,26,30)(H,27,31). The van der Waals surface area contributed by atoms with Crippen molar-refractivity contribution < 1.29 is 19.2 Å². The van der Waals surface area contributed by atoms with Crippen molar-refractivity contribution in [2.45, 2.75) is 13.0 Å². The van der Waals surface area contributed by atoms with E-state index in [9.17, 15) is 19.7 Å². The number of hydrogen-bond acceptors (Lipinski definition) is 7. The summed E-state index contributed by atoms with van der Waals surface area (Å²) < 4.78 is 5.06. The maximum Gasteiger partial charge on any atom is 0.293 e. The number of carbonyl (C=O) groups excluding carboxylic acids is 2. The van der Waals surface area contributed by atoms with E-state index in [0.29, 0.717) is 11.3 Å². The molecule has 34 heavy (non-hydrogen) atoms. The molecule has 0 bridgehead atoms. The minimum absolute atomic E-state index is 0.143. The summed E-state index contributed by atoms with van der Waals surface area (Å²) in [6, 6.07) is 16.0. The van der Waals surface area contributed by atoms with Gasteiger partial charge in [-0.15, -0.1) is 0 Å². The number of anilines is 1. The molecular weight excluding hydrogens is 438 g/mol. The number of amides is 2. The van der Waals surface area contributed by atoms with Crippen molar-refractivity contribution in [1.29, 1.82) is 0 Å². The van der Waals surface area contributed by atoms with Gasteiger partial charge in [-0.25, -0.2) is 0 Å². The van der Waals surface area contributed by atoms with Crippen molar-refractivity contribution in [3.05, 3.63) is 93.8 Å². The van der Waals surface area contributed by atoms with Crippen molar-refractivity contribution in [2.24, 2.45) is 0 Å². The fraction of sp³-hybridized carbons (Fsp3) is 0.208. The Morgan fingerprint density at radius 1 is 1.00 bits per heavy atom. The Bertz CT molecular complexity index is 1150. The smallest absolute Gasteiger partial charge is 0.293 e. The van der Waals surface area contributed by atoms with Gasteiger partial charge in [0.05, 0.1) is 23.8 Å². The van der Waals surface area contributed by atoms with Crippen molar-refractivity contribution >= 4 is 23.2 Å². The third-order valence-electron chi connectivity index (χ3n) is 5.01. The maximum atomic E-state index is 12.5. The van der Waals surface area contributed by atoms with Gasteiger partial charge in [0.25, 0.3) is 17.5 Å². The first kappa shape index (κ1) is 24.2. The van der Waals surface area contributed by atoms with Crippen LogP contribution in [-0.4, -0.2) is 41.9 Å². The first-order valence-corrected chi connectivity index (χ1v) is 10.6. The Morgan fingerprint density at radius 3 is 2.24 bits per heavy atom. The number of nitrogens with zero attached hydrogens (tertiary/aromatic N) is 2. The number of aromatic nitrogens is 1. The summed E-state index contributed by atoms with van der Waals surface area (Å²) in [5.41, 5.74) is 1.40. The Hall–Kier alpha value is -4.47. The summed E-state index contributed by atoms with van der Waals surface area (Å²) in [6.45, 7) is 2.19. The highest BCUT2D eigenvalue weighted by Gasteiger charge is 2.19. The fourth-order valence-corrected chi connectivity index (χ4v) is 3.18. The van der Waals surface area contributed by atoms with E-state index in [-0.39, 0.29) is 42.0 Å². The maximum absolute atomic E-state index is 12.5. The van der Waals surface area contributed by atoms with Gasteiger partial charge in [-0.05, 0) is 55.5 Å². The number of rotatable bonds is 10. The monoisotopic (exact) mass is 463 g/mol. The molecule has 10 heteroatoms. The molecule has 0 fully saturated rings. The number of carbonyl (C=O) groups is 2.